The summed E-state index contributed by atoms with van der Waals surface area (Å²) >= 11 is 1.94. The average molecular weight is 926 g/mol. The van der Waals surface area contributed by atoms with E-state index in [0.717, 1.165) is 12.8 Å². The van der Waals surface area contributed by atoms with Crippen molar-refractivity contribution in [2.75, 3.05) is 11.9 Å². The molecule has 1 heterocycles. The highest BCUT2D eigenvalue weighted by atomic mass is 32.1. The molecule has 0 radical (unpaired) electrons. The van der Waals surface area contributed by atoms with Gasteiger partial charge in [0.25, 0.3) is 0 Å². The molecule has 1 aromatic heterocycles. The highest BCUT2D eigenvalue weighted by molar-refractivity contribution is 7.26. The first-order chi connectivity index (χ1) is 33.8. The van der Waals surface area contributed by atoms with Crippen LogP contribution in [0.4, 0.5) is 11.4 Å². The van der Waals surface area contributed by atoms with Crippen LogP contribution >= 0.6 is 11.3 Å². The van der Waals surface area contributed by atoms with Gasteiger partial charge < -0.3 is 4.90 Å². The Morgan fingerprint density at radius 2 is 1.20 bits per heavy atom. The molecule has 0 saturated heterocycles. The Kier molecular flexibility index (Phi) is 10.3. The number of hydrogen-bond donors (Lipinski definition) is 0. The highest BCUT2D eigenvalue weighted by Gasteiger charge is 2.44. The summed E-state index contributed by atoms with van der Waals surface area (Å²) in [6.07, 6.45) is 10.3. The zero-order valence-corrected chi connectivity index (χ0v) is 43.4. The van der Waals surface area contributed by atoms with Crippen LogP contribution in [0, 0.1) is 0 Å². The van der Waals surface area contributed by atoms with Gasteiger partial charge in [0.15, 0.2) is 0 Å². The molecular formula is C68H63NS. The maximum atomic E-state index is 2.49. The van der Waals surface area contributed by atoms with E-state index in [2.05, 4.69) is 224 Å². The molecule has 346 valence electrons. The van der Waals surface area contributed by atoms with Gasteiger partial charge in [0.05, 0.1) is 0 Å². The van der Waals surface area contributed by atoms with Crippen molar-refractivity contribution in [3.8, 4) is 11.1 Å². The second kappa shape index (κ2) is 16.2. The van der Waals surface area contributed by atoms with E-state index in [1.54, 1.807) is 22.3 Å². The Balaban J connectivity index is 0.000000176. The molecule has 8 aromatic rings. The predicted octanol–water partition coefficient (Wildman–Crippen LogP) is 18.9. The van der Waals surface area contributed by atoms with Crippen molar-refractivity contribution in [1.82, 2.24) is 0 Å². The third kappa shape index (κ3) is 6.41. The Bertz CT molecular complexity index is 3700. The van der Waals surface area contributed by atoms with Crippen LogP contribution in [0.5, 0.6) is 0 Å². The maximum absolute atomic E-state index is 2.49. The van der Waals surface area contributed by atoms with E-state index in [1.807, 2.05) is 25.2 Å². The Morgan fingerprint density at radius 1 is 0.543 bits per heavy atom. The van der Waals surface area contributed by atoms with Crippen LogP contribution in [0.25, 0.3) is 59.7 Å². The quantitative estimate of drug-likeness (QED) is 0.170. The smallest absolute Gasteiger partial charge is 0.0437 e. The Morgan fingerprint density at radius 3 is 1.97 bits per heavy atom. The number of hydrogen-bond acceptors (Lipinski definition) is 2. The van der Waals surface area contributed by atoms with E-state index in [1.165, 1.54) is 121 Å². The van der Waals surface area contributed by atoms with Crippen molar-refractivity contribution in [3.63, 3.8) is 0 Å². The molecule has 7 aromatic carbocycles. The molecule has 0 bridgehead atoms. The van der Waals surface area contributed by atoms with Crippen molar-refractivity contribution in [3.05, 3.63) is 230 Å². The predicted molar refractivity (Wildman–Crippen MR) is 305 cm³/mol. The van der Waals surface area contributed by atoms with Gasteiger partial charge in [-0.25, -0.2) is 0 Å². The van der Waals surface area contributed by atoms with Crippen molar-refractivity contribution in [2.45, 2.75) is 97.8 Å². The van der Waals surface area contributed by atoms with Gasteiger partial charge in [-0.3, -0.25) is 0 Å². The zero-order chi connectivity index (χ0) is 48.4. The lowest BCUT2D eigenvalue weighted by Gasteiger charge is -2.30. The van der Waals surface area contributed by atoms with Gasteiger partial charge in [-0.2, -0.15) is 0 Å². The van der Waals surface area contributed by atoms with Crippen molar-refractivity contribution in [1.29, 1.82) is 0 Å². The molecule has 0 N–H and O–H groups in total. The van der Waals surface area contributed by atoms with Crippen LogP contribution in [0.2, 0.25) is 0 Å². The Hall–Kier alpha value is -6.74. The van der Waals surface area contributed by atoms with Crippen LogP contribution < -0.4 is 4.90 Å². The molecule has 0 fully saturated rings. The fraction of sp³-hybridized carbons (Fsp3) is 0.235. The lowest BCUT2D eigenvalue weighted by atomic mass is 9.74. The minimum absolute atomic E-state index is 0.0306. The zero-order valence-electron chi connectivity index (χ0n) is 42.6. The molecule has 0 aliphatic heterocycles. The second-order valence-electron chi connectivity index (χ2n) is 21.6. The third-order valence-corrected chi connectivity index (χ3v) is 18.3. The number of thiophene rings is 1. The maximum Gasteiger partial charge on any atom is 0.0437 e. The number of benzene rings is 7. The summed E-state index contributed by atoms with van der Waals surface area (Å²) < 4.78 is 2.79. The van der Waals surface area contributed by atoms with E-state index < -0.39 is 0 Å². The molecule has 0 atom stereocenters. The summed E-state index contributed by atoms with van der Waals surface area (Å²) in [6, 6.07) is 54.5. The largest absolute Gasteiger partial charge is 0.345 e. The summed E-state index contributed by atoms with van der Waals surface area (Å²) in [7, 11) is 2.24. The minimum Gasteiger partial charge on any atom is -0.345 e. The number of allylic oxidation sites excluding steroid dienone is 9. The number of nitrogens with zero attached hydrogens (tertiary/aromatic N) is 1. The van der Waals surface area contributed by atoms with E-state index in [4.69, 9.17) is 0 Å². The van der Waals surface area contributed by atoms with E-state index >= 15 is 0 Å². The topological polar surface area (TPSA) is 3.24 Å². The van der Waals surface area contributed by atoms with Crippen LogP contribution in [0.15, 0.2) is 174 Å². The first-order valence-electron chi connectivity index (χ1n) is 25.7. The molecule has 0 unspecified atom stereocenters. The minimum atomic E-state index is -0.0578. The fourth-order valence-corrected chi connectivity index (χ4v) is 14.3. The van der Waals surface area contributed by atoms with Gasteiger partial charge in [-0.15, -0.1) is 11.3 Å². The lowest BCUT2D eigenvalue weighted by Crippen LogP contribution is -2.20. The molecule has 1 nitrogen and oxygen atoms in total. The van der Waals surface area contributed by atoms with Gasteiger partial charge in [-0.1, -0.05) is 194 Å². The lowest BCUT2D eigenvalue weighted by molar-refractivity contribution is 0.639. The van der Waals surface area contributed by atoms with Crippen molar-refractivity contribution < 1.29 is 0 Å². The molecule has 6 aliphatic rings. The first-order valence-corrected chi connectivity index (χ1v) is 26.5. The summed E-state index contributed by atoms with van der Waals surface area (Å²) in [6.45, 7) is 20.6. The summed E-state index contributed by atoms with van der Waals surface area (Å²) in [5.41, 5.74) is 30.2. The van der Waals surface area contributed by atoms with Crippen LogP contribution in [0.3, 0.4) is 0 Å². The average Bonchev–Trinajstić information content (AvgIpc) is 4.11. The molecular weight excluding hydrogens is 863 g/mol. The summed E-state index contributed by atoms with van der Waals surface area (Å²) in [4.78, 5) is 2.40. The monoisotopic (exact) mass is 925 g/mol. The third-order valence-electron chi connectivity index (χ3n) is 17.1. The van der Waals surface area contributed by atoms with E-state index in [-0.39, 0.29) is 16.2 Å². The Labute approximate surface area is 419 Å². The van der Waals surface area contributed by atoms with E-state index in [9.17, 15) is 0 Å². The van der Waals surface area contributed by atoms with Gasteiger partial charge in [-0.05, 0) is 152 Å². The molecule has 0 amide bonds. The van der Waals surface area contributed by atoms with Crippen molar-refractivity contribution >= 4 is 71.3 Å². The number of fused-ring (bicyclic) bond motifs is 14. The van der Waals surface area contributed by atoms with Gasteiger partial charge in [0, 0.05) is 60.4 Å². The number of rotatable bonds is 4. The standard InChI is InChI=1S/C44H37NS.C22H20.C2H6/c1-43(2)35-21-20-33-31-12-8-9-13-38(31)46-42(33)40(35)34-19-16-28(24-37(34)43)45(5)27-15-18-30-32-17-14-26-22-25-10-6-7-11-29(25)39(26)41(32)44(3,4)36(30)23-27;1-15-18(20-10-6-7-11-21(20)22(15,2)3)13-12-17-14-16-8-4-5-9-19(16)17;1-2/h6-13,15-16,18-21,23-24H,14,17,22H2,1-5H3;4-14H,1-3H3;1-2H3/b;13-12-;. The summed E-state index contributed by atoms with van der Waals surface area (Å²) in [5, 5.41) is 2.75. The van der Waals surface area contributed by atoms with Crippen LogP contribution in [0.1, 0.15) is 131 Å². The molecule has 14 rings (SSSR count). The highest BCUT2D eigenvalue weighted by Crippen LogP contribution is 2.60. The van der Waals surface area contributed by atoms with E-state index in [0.29, 0.717) is 0 Å². The second-order valence-corrected chi connectivity index (χ2v) is 22.7. The summed E-state index contributed by atoms with van der Waals surface area (Å²) in [5.74, 6) is 0. The molecule has 0 spiro atoms. The van der Waals surface area contributed by atoms with Gasteiger partial charge in [0.1, 0.15) is 0 Å². The van der Waals surface area contributed by atoms with Gasteiger partial charge in [0.2, 0.25) is 0 Å². The fourth-order valence-electron chi connectivity index (χ4n) is 13.0. The molecule has 2 heteroatoms. The van der Waals surface area contributed by atoms with Crippen LogP contribution in [-0.4, -0.2) is 7.05 Å². The first kappa shape index (κ1) is 44.5. The molecule has 6 aliphatic carbocycles. The molecule has 70 heavy (non-hydrogen) atoms. The molecule has 0 saturated carbocycles. The number of anilines is 2. The van der Waals surface area contributed by atoms with Crippen molar-refractivity contribution in [2.24, 2.45) is 0 Å². The SMILES string of the molecule is CC.CC1=C(/C=C\C2=Cc3ccccc32)c2ccccc2C1(C)C.CN(c1ccc2c(c1)C(C)(C)C1=C2CCC2=C1c1ccccc1C2)c1ccc2c(c1)C(C)(C)c1ccc3c(sc4ccccc43)c1-2. The van der Waals surface area contributed by atoms with Gasteiger partial charge >= 0.3 is 0 Å². The van der Waals surface area contributed by atoms with Crippen LogP contribution in [-0.2, 0) is 22.7 Å². The normalized spacial score (nSPS) is 17.6.